The number of β-amino-alcohol motifs (C(OH)–C–C–N with tert-alkyl or cyclic N) is 1. The van der Waals surface area contributed by atoms with Crippen LogP contribution in [-0.4, -0.2) is 35.7 Å². The number of halogens is 1. The highest BCUT2D eigenvalue weighted by Gasteiger charge is 2.21. The van der Waals surface area contributed by atoms with Crippen LogP contribution in [-0.2, 0) is 12.8 Å². The van der Waals surface area contributed by atoms with E-state index < -0.39 is 0 Å². The van der Waals surface area contributed by atoms with Crippen molar-refractivity contribution in [2.24, 2.45) is 5.92 Å². The lowest BCUT2D eigenvalue weighted by atomic mass is 9.90. The molecular weight excluding hydrogens is 313 g/mol. The number of nitrogens with zero attached hydrogens (tertiary/aromatic N) is 1. The molecule has 1 saturated heterocycles. The van der Waals surface area contributed by atoms with Gasteiger partial charge in [0, 0.05) is 6.54 Å². The van der Waals surface area contributed by atoms with Crippen molar-refractivity contribution in [3.8, 4) is 0 Å². The second-order valence-corrected chi connectivity index (χ2v) is 7.25. The molecule has 0 spiro atoms. The molecule has 1 atom stereocenters. The van der Waals surface area contributed by atoms with E-state index in [4.69, 9.17) is 0 Å². The monoisotopic (exact) mass is 341 g/mol. The molecule has 0 aliphatic carbocycles. The number of hydrogen-bond acceptors (Lipinski definition) is 2. The maximum absolute atomic E-state index is 13.0. The standard InChI is InChI=1S/C22H28FNO/c23-21-9-6-19(7-10-21)16-20-12-14-24(15-13-20)17-22(25)11-8-18-4-2-1-3-5-18/h1-7,9-10,20,22,25H,8,11-17H2. The molecule has 1 unspecified atom stereocenters. The predicted molar refractivity (Wildman–Crippen MR) is 100 cm³/mol. The average Bonchev–Trinajstić information content (AvgIpc) is 2.64. The van der Waals surface area contributed by atoms with Crippen molar-refractivity contribution in [2.75, 3.05) is 19.6 Å². The first-order valence-electron chi connectivity index (χ1n) is 9.38. The second-order valence-electron chi connectivity index (χ2n) is 7.25. The minimum absolute atomic E-state index is 0.164. The van der Waals surface area contributed by atoms with Gasteiger partial charge < -0.3 is 10.0 Å². The van der Waals surface area contributed by atoms with Crippen LogP contribution in [0, 0.1) is 11.7 Å². The van der Waals surface area contributed by atoms with Crippen molar-refractivity contribution in [1.29, 1.82) is 0 Å². The van der Waals surface area contributed by atoms with Gasteiger partial charge in [0.2, 0.25) is 0 Å². The fourth-order valence-electron chi connectivity index (χ4n) is 3.69. The molecule has 0 saturated carbocycles. The third-order valence-corrected chi connectivity index (χ3v) is 5.22. The summed E-state index contributed by atoms with van der Waals surface area (Å²) in [5, 5.41) is 10.3. The van der Waals surface area contributed by atoms with Crippen molar-refractivity contribution in [3.05, 3.63) is 71.5 Å². The van der Waals surface area contributed by atoms with Crippen molar-refractivity contribution in [1.82, 2.24) is 4.90 Å². The molecule has 0 aromatic heterocycles. The van der Waals surface area contributed by atoms with Gasteiger partial charge in [-0.2, -0.15) is 0 Å². The molecule has 0 radical (unpaired) electrons. The lowest BCUT2D eigenvalue weighted by Gasteiger charge is -2.33. The zero-order chi connectivity index (χ0) is 17.5. The minimum Gasteiger partial charge on any atom is -0.392 e. The topological polar surface area (TPSA) is 23.5 Å². The molecule has 1 N–H and O–H groups in total. The largest absolute Gasteiger partial charge is 0.392 e. The van der Waals surface area contributed by atoms with E-state index in [1.165, 1.54) is 11.1 Å². The Morgan fingerprint density at radius 2 is 1.64 bits per heavy atom. The van der Waals surface area contributed by atoms with Crippen molar-refractivity contribution in [3.63, 3.8) is 0 Å². The molecule has 0 amide bonds. The van der Waals surface area contributed by atoms with Gasteiger partial charge in [-0.15, -0.1) is 0 Å². The van der Waals surface area contributed by atoms with Gasteiger partial charge in [0.05, 0.1) is 6.10 Å². The number of rotatable bonds is 7. The van der Waals surface area contributed by atoms with Crippen LogP contribution in [0.25, 0.3) is 0 Å². The highest BCUT2D eigenvalue weighted by molar-refractivity contribution is 5.17. The molecule has 3 heteroatoms. The van der Waals surface area contributed by atoms with Crippen molar-refractivity contribution >= 4 is 0 Å². The highest BCUT2D eigenvalue weighted by atomic mass is 19.1. The Hall–Kier alpha value is -1.71. The van der Waals surface area contributed by atoms with Gasteiger partial charge >= 0.3 is 0 Å². The molecule has 0 bridgehead atoms. The highest BCUT2D eigenvalue weighted by Crippen LogP contribution is 2.22. The maximum atomic E-state index is 13.0. The number of likely N-dealkylation sites (tertiary alicyclic amines) is 1. The Morgan fingerprint density at radius 3 is 2.32 bits per heavy atom. The summed E-state index contributed by atoms with van der Waals surface area (Å²) in [7, 11) is 0. The normalized spacial score (nSPS) is 17.5. The first-order chi connectivity index (χ1) is 12.2. The lowest BCUT2D eigenvalue weighted by Crippen LogP contribution is -2.39. The number of aliphatic hydroxyl groups is 1. The number of aryl methyl sites for hydroxylation is 1. The summed E-state index contributed by atoms with van der Waals surface area (Å²) in [6.07, 6.45) is 4.84. The molecule has 1 aliphatic rings. The summed E-state index contributed by atoms with van der Waals surface area (Å²) in [6, 6.07) is 17.3. The van der Waals surface area contributed by atoms with E-state index in [0.29, 0.717) is 5.92 Å². The maximum Gasteiger partial charge on any atom is 0.123 e. The SMILES string of the molecule is OC(CCc1ccccc1)CN1CCC(Cc2ccc(F)cc2)CC1. The Morgan fingerprint density at radius 1 is 0.960 bits per heavy atom. The van der Waals surface area contributed by atoms with Crippen LogP contribution in [0.4, 0.5) is 4.39 Å². The van der Waals surface area contributed by atoms with Gasteiger partial charge in [0.1, 0.15) is 5.82 Å². The number of piperidine rings is 1. The van der Waals surface area contributed by atoms with E-state index in [2.05, 4.69) is 17.0 Å². The fourth-order valence-corrected chi connectivity index (χ4v) is 3.69. The zero-order valence-corrected chi connectivity index (χ0v) is 14.8. The smallest absolute Gasteiger partial charge is 0.123 e. The molecule has 1 heterocycles. The molecule has 1 fully saturated rings. The van der Waals surface area contributed by atoms with Crippen LogP contribution in [0.5, 0.6) is 0 Å². The average molecular weight is 341 g/mol. The second kappa shape index (κ2) is 9.12. The number of benzene rings is 2. The quantitative estimate of drug-likeness (QED) is 0.820. The van der Waals surface area contributed by atoms with Gasteiger partial charge in [-0.05, 0) is 74.4 Å². The molecule has 2 aromatic rings. The number of hydrogen-bond donors (Lipinski definition) is 1. The summed E-state index contributed by atoms with van der Waals surface area (Å²) in [5.74, 6) is 0.506. The molecule has 2 nitrogen and oxygen atoms in total. The molecule has 25 heavy (non-hydrogen) atoms. The Kier molecular flexibility index (Phi) is 6.60. The summed E-state index contributed by atoms with van der Waals surface area (Å²) < 4.78 is 13.0. The van der Waals surface area contributed by atoms with Crippen molar-refractivity contribution in [2.45, 2.75) is 38.2 Å². The first-order valence-corrected chi connectivity index (χ1v) is 9.38. The van der Waals surface area contributed by atoms with Gasteiger partial charge in [0.25, 0.3) is 0 Å². The van der Waals surface area contributed by atoms with Crippen LogP contribution < -0.4 is 0 Å². The minimum atomic E-state index is -0.256. The third-order valence-electron chi connectivity index (χ3n) is 5.22. The Balaban J connectivity index is 1.36. The van der Waals surface area contributed by atoms with Crippen LogP contribution in [0.1, 0.15) is 30.4 Å². The van der Waals surface area contributed by atoms with Gasteiger partial charge in [-0.25, -0.2) is 4.39 Å². The van der Waals surface area contributed by atoms with E-state index in [-0.39, 0.29) is 11.9 Å². The van der Waals surface area contributed by atoms with E-state index >= 15 is 0 Å². The van der Waals surface area contributed by atoms with Gasteiger partial charge in [-0.1, -0.05) is 42.5 Å². The Bertz CT molecular complexity index is 620. The van der Waals surface area contributed by atoms with E-state index in [1.54, 1.807) is 12.1 Å². The van der Waals surface area contributed by atoms with E-state index in [1.807, 2.05) is 30.3 Å². The van der Waals surface area contributed by atoms with Crippen molar-refractivity contribution < 1.29 is 9.50 Å². The first kappa shape index (κ1) is 18.1. The molecule has 1 aliphatic heterocycles. The van der Waals surface area contributed by atoms with Crippen LogP contribution in [0.15, 0.2) is 54.6 Å². The third kappa shape index (κ3) is 5.94. The number of aliphatic hydroxyl groups excluding tert-OH is 1. The lowest BCUT2D eigenvalue weighted by molar-refractivity contribution is 0.0840. The summed E-state index contributed by atoms with van der Waals surface area (Å²) in [5.41, 5.74) is 2.52. The van der Waals surface area contributed by atoms with Gasteiger partial charge in [-0.3, -0.25) is 0 Å². The zero-order valence-electron chi connectivity index (χ0n) is 14.8. The molecule has 2 aromatic carbocycles. The van der Waals surface area contributed by atoms with Gasteiger partial charge in [0.15, 0.2) is 0 Å². The van der Waals surface area contributed by atoms with Crippen LogP contribution >= 0.6 is 0 Å². The van der Waals surface area contributed by atoms with Crippen LogP contribution in [0.2, 0.25) is 0 Å². The molecule has 134 valence electrons. The summed E-state index contributed by atoms with van der Waals surface area (Å²) >= 11 is 0. The fraction of sp³-hybridized carbons (Fsp3) is 0.455. The summed E-state index contributed by atoms with van der Waals surface area (Å²) in [4.78, 5) is 2.39. The van der Waals surface area contributed by atoms with Crippen LogP contribution in [0.3, 0.4) is 0 Å². The molecular formula is C22H28FNO. The summed E-state index contributed by atoms with van der Waals surface area (Å²) in [6.45, 7) is 2.87. The predicted octanol–water partition coefficient (Wildman–Crippen LogP) is 4.07. The van der Waals surface area contributed by atoms with E-state index in [9.17, 15) is 9.50 Å². The Labute approximate surface area is 150 Å². The molecule has 3 rings (SSSR count). The van der Waals surface area contributed by atoms with E-state index in [0.717, 1.165) is 51.7 Å².